The van der Waals surface area contributed by atoms with E-state index in [2.05, 4.69) is 0 Å². The second kappa shape index (κ2) is 2.13. The van der Waals surface area contributed by atoms with Crippen molar-refractivity contribution >= 4 is 16.3 Å². The Hall–Kier alpha value is -0.573. The molecule has 0 saturated heterocycles. The van der Waals surface area contributed by atoms with Crippen LogP contribution in [0.3, 0.4) is 0 Å². The van der Waals surface area contributed by atoms with Crippen LogP contribution in [0.5, 0.6) is 0 Å². The minimum Gasteiger partial charge on any atom is -0.551 e. The number of carbonyl (C=O) groups is 1. The Morgan fingerprint density at radius 2 is 2.50 bits per heavy atom. The molecule has 0 heterocycles. The summed E-state index contributed by atoms with van der Waals surface area (Å²) in [5.41, 5.74) is 0. The number of rotatable bonds is 1. The first kappa shape index (κ1) is 5.56. The quantitative estimate of drug-likeness (QED) is 0.446. The van der Waals surface area contributed by atoms with Gasteiger partial charge in [0.1, 0.15) is 5.76 Å². The van der Waals surface area contributed by atoms with Gasteiger partial charge in [0.15, 0.2) is 5.78 Å². The Morgan fingerprint density at radius 3 is 2.75 bits per heavy atom. The highest BCUT2D eigenvalue weighted by molar-refractivity contribution is 6.05. The van der Waals surface area contributed by atoms with E-state index < -0.39 is 0 Å². The Kier molecular flexibility index (Phi) is 1.48. The molecule has 0 N–H and O–H groups in total. The maximum atomic E-state index is 10.6. The second-order valence-electron chi connectivity index (χ2n) is 1.73. The van der Waals surface area contributed by atoms with Gasteiger partial charge in [-0.25, -0.2) is 0 Å². The van der Waals surface area contributed by atoms with E-state index in [0.29, 0.717) is 22.7 Å². The van der Waals surface area contributed by atoms with Crippen LogP contribution in [0.25, 0.3) is 0 Å². The third-order valence-electron chi connectivity index (χ3n) is 1.20. The van der Waals surface area contributed by atoms with Crippen LogP contribution in [0.4, 0.5) is 0 Å². The van der Waals surface area contributed by atoms with E-state index >= 15 is 0 Å². The van der Waals surface area contributed by atoms with Gasteiger partial charge in [-0.1, -0.05) is 0 Å². The summed E-state index contributed by atoms with van der Waals surface area (Å²) in [7, 11) is 0.631. The number of Topliss-reactive ketones (excluding diaryl/α,β-unsaturated/α-hetero) is 1. The molecule has 1 aliphatic carbocycles. The maximum Gasteiger partial charge on any atom is 0.204 e. The lowest BCUT2D eigenvalue weighted by atomic mass is 10.3. The summed E-state index contributed by atoms with van der Waals surface area (Å²) in [4.78, 5) is 10.6. The lowest BCUT2D eigenvalue weighted by Crippen LogP contribution is -1.97. The first-order valence-electron chi connectivity index (χ1n) is 2.62. The number of hydrogen-bond donors (Lipinski definition) is 0. The zero-order chi connectivity index (χ0) is 5.98. The van der Waals surface area contributed by atoms with Crippen LogP contribution in [0.2, 0.25) is 0 Å². The molecule has 0 radical (unpaired) electrons. The summed E-state index contributed by atoms with van der Waals surface area (Å²) >= 11 is 0. The van der Waals surface area contributed by atoms with E-state index in [9.17, 15) is 4.79 Å². The Bertz CT molecular complexity index is 139. The van der Waals surface area contributed by atoms with Gasteiger partial charge >= 0.3 is 0 Å². The fourth-order valence-corrected chi connectivity index (χ4v) is 1.16. The molecule has 0 aromatic heterocycles. The van der Waals surface area contributed by atoms with Crippen LogP contribution in [-0.4, -0.2) is 16.3 Å². The van der Waals surface area contributed by atoms with E-state index in [4.69, 9.17) is 4.43 Å². The van der Waals surface area contributed by atoms with E-state index in [1.165, 1.54) is 0 Å². The van der Waals surface area contributed by atoms with Crippen molar-refractivity contribution in [3.05, 3.63) is 11.8 Å². The summed E-state index contributed by atoms with van der Waals surface area (Å²) in [6, 6.07) is 0. The molecule has 0 spiro atoms. The standard InChI is InChI=1S/C5H8O2Si/c6-4-2-1-3-5(4)7-8/h3H,1-2H2,8H3. The summed E-state index contributed by atoms with van der Waals surface area (Å²) in [5, 5.41) is 0. The molecule has 0 aliphatic heterocycles. The third-order valence-corrected chi connectivity index (χ3v) is 1.64. The minimum atomic E-state index is 0.167. The number of hydrogen-bond acceptors (Lipinski definition) is 2. The smallest absolute Gasteiger partial charge is 0.204 e. The van der Waals surface area contributed by atoms with Gasteiger partial charge in [0.25, 0.3) is 0 Å². The SMILES string of the molecule is O=C1CCC=C1O[SiH3]. The van der Waals surface area contributed by atoms with Gasteiger partial charge in [-0.05, 0) is 12.5 Å². The normalized spacial score (nSPS) is 19.0. The molecule has 0 bridgehead atoms. The number of allylic oxidation sites excluding steroid dienone is 2. The zero-order valence-electron chi connectivity index (χ0n) is 4.81. The van der Waals surface area contributed by atoms with Crippen molar-refractivity contribution in [2.75, 3.05) is 0 Å². The molecule has 44 valence electrons. The molecule has 0 aromatic rings. The van der Waals surface area contributed by atoms with Crippen LogP contribution in [0.15, 0.2) is 11.8 Å². The van der Waals surface area contributed by atoms with Crippen LogP contribution in [-0.2, 0) is 9.22 Å². The molecular weight excluding hydrogens is 120 g/mol. The summed E-state index contributed by atoms with van der Waals surface area (Å²) in [6.07, 6.45) is 3.38. The molecule has 1 aliphatic rings. The molecule has 1 rings (SSSR count). The molecule has 8 heavy (non-hydrogen) atoms. The lowest BCUT2D eigenvalue weighted by molar-refractivity contribution is -0.116. The van der Waals surface area contributed by atoms with Gasteiger partial charge in [-0.3, -0.25) is 4.79 Å². The van der Waals surface area contributed by atoms with Crippen molar-refractivity contribution < 1.29 is 9.22 Å². The van der Waals surface area contributed by atoms with Crippen molar-refractivity contribution in [1.29, 1.82) is 0 Å². The number of ketones is 1. The maximum absolute atomic E-state index is 10.6. The Balaban J connectivity index is 2.62. The summed E-state index contributed by atoms with van der Waals surface area (Å²) < 4.78 is 4.87. The molecular formula is C5H8O2Si. The molecule has 2 nitrogen and oxygen atoms in total. The predicted molar refractivity (Wildman–Crippen MR) is 33.3 cm³/mol. The van der Waals surface area contributed by atoms with Gasteiger partial charge < -0.3 is 4.43 Å². The highest BCUT2D eigenvalue weighted by Gasteiger charge is 2.13. The van der Waals surface area contributed by atoms with Crippen molar-refractivity contribution in [3.8, 4) is 0 Å². The molecule has 0 atom stereocenters. The van der Waals surface area contributed by atoms with Gasteiger partial charge in [-0.2, -0.15) is 0 Å². The lowest BCUT2D eigenvalue weighted by Gasteiger charge is -1.95. The van der Waals surface area contributed by atoms with E-state index in [1.54, 1.807) is 0 Å². The van der Waals surface area contributed by atoms with Gasteiger partial charge in [0.05, 0.1) is 0 Å². The topological polar surface area (TPSA) is 26.3 Å². The first-order chi connectivity index (χ1) is 3.84. The third kappa shape index (κ3) is 0.814. The molecule has 0 saturated carbocycles. The molecule has 3 heteroatoms. The Labute approximate surface area is 51.1 Å². The fraction of sp³-hybridized carbons (Fsp3) is 0.400. The second-order valence-corrected chi connectivity index (χ2v) is 2.14. The van der Waals surface area contributed by atoms with Crippen molar-refractivity contribution in [1.82, 2.24) is 0 Å². The zero-order valence-corrected chi connectivity index (χ0v) is 6.81. The highest BCUT2D eigenvalue weighted by atomic mass is 28.2. The van der Waals surface area contributed by atoms with Crippen LogP contribution in [0.1, 0.15) is 12.8 Å². The average Bonchev–Trinajstić information content (AvgIpc) is 2.14. The molecule has 0 amide bonds. The van der Waals surface area contributed by atoms with Crippen molar-refractivity contribution in [2.45, 2.75) is 12.8 Å². The summed E-state index contributed by atoms with van der Waals surface area (Å²) in [6.45, 7) is 0. The first-order valence-corrected chi connectivity index (χ1v) is 3.43. The van der Waals surface area contributed by atoms with Crippen LogP contribution in [0, 0.1) is 0 Å². The van der Waals surface area contributed by atoms with Gasteiger partial charge in [-0.15, -0.1) is 0 Å². The summed E-state index contributed by atoms with van der Waals surface area (Å²) in [5.74, 6) is 0.761. The average molecular weight is 128 g/mol. The molecule has 0 aromatic carbocycles. The fourth-order valence-electron chi connectivity index (χ4n) is 0.769. The number of carbonyl (C=O) groups excluding carboxylic acids is 1. The van der Waals surface area contributed by atoms with Gasteiger partial charge in [0, 0.05) is 6.42 Å². The minimum absolute atomic E-state index is 0.167. The molecule has 0 unspecified atom stereocenters. The largest absolute Gasteiger partial charge is 0.551 e. The van der Waals surface area contributed by atoms with Gasteiger partial charge in [0.2, 0.25) is 10.5 Å². The molecule has 0 fully saturated rings. The predicted octanol–water partition coefficient (Wildman–Crippen LogP) is -0.470. The van der Waals surface area contributed by atoms with Crippen LogP contribution >= 0.6 is 0 Å². The van der Waals surface area contributed by atoms with E-state index in [1.807, 2.05) is 6.08 Å². The monoisotopic (exact) mass is 128 g/mol. The van der Waals surface area contributed by atoms with Crippen LogP contribution < -0.4 is 0 Å². The van der Waals surface area contributed by atoms with Crippen molar-refractivity contribution in [2.24, 2.45) is 0 Å². The van der Waals surface area contributed by atoms with E-state index in [0.717, 1.165) is 6.42 Å². The Morgan fingerprint density at radius 1 is 1.75 bits per heavy atom. The highest BCUT2D eigenvalue weighted by Crippen LogP contribution is 2.12. The van der Waals surface area contributed by atoms with Crippen molar-refractivity contribution in [3.63, 3.8) is 0 Å². The van der Waals surface area contributed by atoms with E-state index in [-0.39, 0.29) is 5.78 Å².